The second-order valence-electron chi connectivity index (χ2n) is 7.79. The highest BCUT2D eigenvalue weighted by Gasteiger charge is 2.29. The van der Waals surface area contributed by atoms with Gasteiger partial charge in [-0.05, 0) is 35.7 Å². The first-order valence-corrected chi connectivity index (χ1v) is 11.6. The fourth-order valence-electron chi connectivity index (χ4n) is 3.52. The summed E-state index contributed by atoms with van der Waals surface area (Å²) in [4.78, 5) is 6.96. The van der Waals surface area contributed by atoms with E-state index in [0.717, 1.165) is 11.1 Å². The lowest BCUT2D eigenvalue weighted by Gasteiger charge is -2.33. The summed E-state index contributed by atoms with van der Waals surface area (Å²) in [6.45, 7) is 6.85. The van der Waals surface area contributed by atoms with Gasteiger partial charge in [-0.1, -0.05) is 49.3 Å². The van der Waals surface area contributed by atoms with Crippen molar-refractivity contribution in [1.29, 1.82) is 0 Å². The molecule has 4 rings (SSSR count). The van der Waals surface area contributed by atoms with Gasteiger partial charge in [0.25, 0.3) is 5.89 Å². The molecule has 1 aliphatic rings. The minimum Gasteiger partial charge on any atom is -0.334 e. The molecule has 7 nitrogen and oxygen atoms in total. The number of hydrogen-bond acceptors (Lipinski definition) is 6. The van der Waals surface area contributed by atoms with Gasteiger partial charge in [-0.15, -0.1) is 0 Å². The van der Waals surface area contributed by atoms with Crippen molar-refractivity contribution in [2.45, 2.75) is 31.2 Å². The SMILES string of the molecule is CC(C)c1ccc(S(=O)(=O)N2CCN(Cc3noc(-c4ccccc4)n3)CC2)cc1. The van der Waals surface area contributed by atoms with Gasteiger partial charge in [0.1, 0.15) is 0 Å². The van der Waals surface area contributed by atoms with Crippen LogP contribution in [0.4, 0.5) is 0 Å². The van der Waals surface area contributed by atoms with E-state index in [1.165, 1.54) is 0 Å². The summed E-state index contributed by atoms with van der Waals surface area (Å²) in [6, 6.07) is 16.9. The molecule has 0 radical (unpaired) electrons. The molecule has 0 saturated carbocycles. The van der Waals surface area contributed by atoms with Gasteiger partial charge in [0.2, 0.25) is 10.0 Å². The lowest BCUT2D eigenvalue weighted by molar-refractivity contribution is 0.176. The van der Waals surface area contributed by atoms with E-state index >= 15 is 0 Å². The molecule has 2 aromatic carbocycles. The minimum atomic E-state index is -3.48. The van der Waals surface area contributed by atoms with Crippen molar-refractivity contribution in [1.82, 2.24) is 19.3 Å². The van der Waals surface area contributed by atoms with Crippen molar-refractivity contribution in [3.63, 3.8) is 0 Å². The van der Waals surface area contributed by atoms with Crippen molar-refractivity contribution >= 4 is 10.0 Å². The highest BCUT2D eigenvalue weighted by molar-refractivity contribution is 7.89. The Morgan fingerprint density at radius 1 is 0.967 bits per heavy atom. The van der Waals surface area contributed by atoms with E-state index in [0.29, 0.717) is 55.3 Å². The predicted molar refractivity (Wildman–Crippen MR) is 114 cm³/mol. The van der Waals surface area contributed by atoms with E-state index in [2.05, 4.69) is 28.9 Å². The summed E-state index contributed by atoms with van der Waals surface area (Å²) < 4.78 is 32.8. The van der Waals surface area contributed by atoms with Crippen LogP contribution in [-0.4, -0.2) is 53.9 Å². The molecule has 158 valence electrons. The third kappa shape index (κ3) is 4.45. The molecule has 0 N–H and O–H groups in total. The normalized spacial score (nSPS) is 16.2. The van der Waals surface area contributed by atoms with Gasteiger partial charge in [-0.2, -0.15) is 9.29 Å². The number of sulfonamides is 1. The number of piperazine rings is 1. The smallest absolute Gasteiger partial charge is 0.257 e. The first-order valence-electron chi connectivity index (χ1n) is 10.1. The van der Waals surface area contributed by atoms with E-state index in [1.54, 1.807) is 16.4 Å². The predicted octanol–water partition coefficient (Wildman–Crippen LogP) is 3.37. The Bertz CT molecular complexity index is 1070. The Morgan fingerprint density at radius 3 is 2.27 bits per heavy atom. The van der Waals surface area contributed by atoms with Crippen molar-refractivity contribution in [2.75, 3.05) is 26.2 Å². The summed E-state index contributed by atoms with van der Waals surface area (Å²) in [7, 11) is -3.48. The Morgan fingerprint density at radius 2 is 1.63 bits per heavy atom. The van der Waals surface area contributed by atoms with Gasteiger partial charge >= 0.3 is 0 Å². The van der Waals surface area contributed by atoms with Crippen molar-refractivity contribution in [3.8, 4) is 11.5 Å². The fourth-order valence-corrected chi connectivity index (χ4v) is 4.94. The summed E-state index contributed by atoms with van der Waals surface area (Å²) in [5.74, 6) is 1.48. The van der Waals surface area contributed by atoms with Gasteiger partial charge in [0.15, 0.2) is 5.82 Å². The molecule has 1 aliphatic heterocycles. The summed E-state index contributed by atoms with van der Waals surface area (Å²) in [6.07, 6.45) is 0. The third-order valence-electron chi connectivity index (χ3n) is 5.37. The van der Waals surface area contributed by atoms with Crippen LogP contribution in [-0.2, 0) is 16.6 Å². The van der Waals surface area contributed by atoms with Gasteiger partial charge in [0, 0.05) is 31.7 Å². The van der Waals surface area contributed by atoms with Crippen LogP contribution in [0.15, 0.2) is 64.0 Å². The third-order valence-corrected chi connectivity index (χ3v) is 7.28. The average Bonchev–Trinajstić information content (AvgIpc) is 3.23. The second kappa shape index (κ2) is 8.67. The molecule has 2 heterocycles. The zero-order valence-corrected chi connectivity index (χ0v) is 18.0. The second-order valence-corrected chi connectivity index (χ2v) is 9.72. The molecular formula is C22H26N4O3S. The molecule has 3 aromatic rings. The number of hydrogen-bond donors (Lipinski definition) is 0. The molecule has 8 heteroatoms. The maximum absolute atomic E-state index is 13.0. The Kier molecular flexibility index (Phi) is 5.99. The van der Waals surface area contributed by atoms with Crippen LogP contribution in [0.5, 0.6) is 0 Å². The zero-order chi connectivity index (χ0) is 21.1. The molecule has 0 bridgehead atoms. The highest BCUT2D eigenvalue weighted by Crippen LogP contribution is 2.22. The first-order chi connectivity index (χ1) is 14.4. The summed E-state index contributed by atoms with van der Waals surface area (Å²) in [5, 5.41) is 4.06. The van der Waals surface area contributed by atoms with Gasteiger partial charge in [-0.3, -0.25) is 4.90 Å². The van der Waals surface area contributed by atoms with Gasteiger partial charge < -0.3 is 4.52 Å². The largest absolute Gasteiger partial charge is 0.334 e. The lowest BCUT2D eigenvalue weighted by Crippen LogP contribution is -2.48. The standard InChI is InChI=1S/C22H26N4O3S/c1-17(2)18-8-10-20(11-9-18)30(27,28)26-14-12-25(13-15-26)16-21-23-22(29-24-21)19-6-4-3-5-7-19/h3-11,17H,12-16H2,1-2H3. The quantitative estimate of drug-likeness (QED) is 0.601. The lowest BCUT2D eigenvalue weighted by atomic mass is 10.0. The zero-order valence-electron chi connectivity index (χ0n) is 17.2. The van der Waals surface area contributed by atoms with Crippen LogP contribution in [0.3, 0.4) is 0 Å². The molecule has 1 fully saturated rings. The van der Waals surface area contributed by atoms with Crippen LogP contribution in [0, 0.1) is 0 Å². The maximum Gasteiger partial charge on any atom is 0.257 e. The topological polar surface area (TPSA) is 79.5 Å². The Hall–Kier alpha value is -2.55. The fraction of sp³-hybridized carbons (Fsp3) is 0.364. The van der Waals surface area contributed by atoms with E-state index in [1.807, 2.05) is 42.5 Å². The highest BCUT2D eigenvalue weighted by atomic mass is 32.2. The molecule has 1 aromatic heterocycles. The molecule has 0 amide bonds. The van der Waals surface area contributed by atoms with Crippen LogP contribution in [0.1, 0.15) is 31.2 Å². The summed E-state index contributed by atoms with van der Waals surface area (Å²) in [5.41, 5.74) is 2.02. The van der Waals surface area contributed by atoms with Crippen LogP contribution in [0.25, 0.3) is 11.5 Å². The molecule has 0 unspecified atom stereocenters. The number of nitrogens with zero attached hydrogens (tertiary/aromatic N) is 4. The number of rotatable bonds is 6. The number of benzene rings is 2. The Balaban J connectivity index is 1.36. The van der Waals surface area contributed by atoms with E-state index in [-0.39, 0.29) is 0 Å². The summed E-state index contributed by atoms with van der Waals surface area (Å²) >= 11 is 0. The van der Waals surface area contributed by atoms with Gasteiger partial charge in [-0.25, -0.2) is 8.42 Å². The Labute approximate surface area is 177 Å². The van der Waals surface area contributed by atoms with Gasteiger partial charge in [0.05, 0.1) is 11.4 Å². The molecule has 0 aliphatic carbocycles. The molecular weight excluding hydrogens is 400 g/mol. The van der Waals surface area contributed by atoms with Crippen LogP contribution >= 0.6 is 0 Å². The van der Waals surface area contributed by atoms with Crippen molar-refractivity contribution in [2.24, 2.45) is 0 Å². The number of aromatic nitrogens is 2. The van der Waals surface area contributed by atoms with E-state index in [9.17, 15) is 8.42 Å². The molecule has 30 heavy (non-hydrogen) atoms. The maximum atomic E-state index is 13.0. The average molecular weight is 427 g/mol. The van der Waals surface area contributed by atoms with Crippen molar-refractivity contribution in [3.05, 3.63) is 66.0 Å². The van der Waals surface area contributed by atoms with E-state index in [4.69, 9.17) is 4.52 Å². The first kappa shape index (κ1) is 20.7. The monoisotopic (exact) mass is 426 g/mol. The molecule has 0 spiro atoms. The van der Waals surface area contributed by atoms with E-state index < -0.39 is 10.0 Å². The molecule has 0 atom stereocenters. The van der Waals surface area contributed by atoms with Crippen molar-refractivity contribution < 1.29 is 12.9 Å². The minimum absolute atomic E-state index is 0.353. The van der Waals surface area contributed by atoms with Crippen LogP contribution in [0.2, 0.25) is 0 Å². The van der Waals surface area contributed by atoms with Crippen LogP contribution < -0.4 is 0 Å². The molecule has 1 saturated heterocycles.